The second-order valence-electron chi connectivity index (χ2n) is 9.83. The minimum Gasteiger partial charge on any atom is -0.495 e. The van der Waals surface area contributed by atoms with E-state index in [9.17, 15) is 14.7 Å². The molecule has 0 saturated carbocycles. The minimum atomic E-state index is -0.940. The molecule has 0 aliphatic rings. The molecule has 1 atom stereocenters. The Morgan fingerprint density at radius 2 is 1.51 bits per heavy atom. The summed E-state index contributed by atoms with van der Waals surface area (Å²) in [5.74, 6) is 0.000361. The molecule has 0 spiro atoms. The monoisotopic (exact) mass is 604 g/mol. The molecule has 0 aliphatic heterocycles. The highest BCUT2D eigenvalue weighted by Gasteiger charge is 2.21. The van der Waals surface area contributed by atoms with Gasteiger partial charge in [-0.2, -0.15) is 15.0 Å². The number of ether oxygens (including phenoxy) is 1. The molecule has 1 unspecified atom stereocenters. The van der Waals surface area contributed by atoms with Crippen molar-refractivity contribution in [2.75, 3.05) is 29.6 Å². The van der Waals surface area contributed by atoms with Gasteiger partial charge < -0.3 is 25.8 Å². The first-order chi connectivity index (χ1) is 22.0. The maximum atomic E-state index is 13.1. The van der Waals surface area contributed by atoms with E-state index >= 15 is 0 Å². The average molecular weight is 605 g/mol. The van der Waals surface area contributed by atoms with Crippen LogP contribution in [0.1, 0.15) is 24.0 Å². The van der Waals surface area contributed by atoms with Crippen molar-refractivity contribution >= 4 is 35.3 Å². The van der Waals surface area contributed by atoms with Crippen LogP contribution in [0.25, 0.3) is 11.1 Å². The van der Waals surface area contributed by atoms with Crippen LogP contribution in [0.15, 0.2) is 103 Å². The minimum absolute atomic E-state index is 0.0156. The van der Waals surface area contributed by atoms with Crippen LogP contribution in [0.2, 0.25) is 0 Å². The van der Waals surface area contributed by atoms with Crippen molar-refractivity contribution in [1.29, 1.82) is 0 Å². The predicted molar refractivity (Wildman–Crippen MR) is 172 cm³/mol. The van der Waals surface area contributed by atoms with Crippen molar-refractivity contribution in [3.63, 3.8) is 0 Å². The molecule has 0 aliphatic carbocycles. The number of aliphatic carboxylic acids is 1. The fourth-order valence-corrected chi connectivity index (χ4v) is 4.58. The molecule has 0 bridgehead atoms. The molecule has 3 aromatic carbocycles. The highest BCUT2D eigenvalue weighted by molar-refractivity contribution is 5.99. The van der Waals surface area contributed by atoms with Crippen LogP contribution in [-0.4, -0.2) is 50.7 Å². The van der Waals surface area contributed by atoms with Crippen molar-refractivity contribution in [1.82, 2.24) is 25.3 Å². The van der Waals surface area contributed by atoms with Crippen LogP contribution in [0.4, 0.5) is 28.1 Å². The first-order valence-electron chi connectivity index (χ1n) is 14.2. The Morgan fingerprint density at radius 3 is 2.27 bits per heavy atom. The number of carboxylic acids is 1. The summed E-state index contributed by atoms with van der Waals surface area (Å²) >= 11 is 0. The summed E-state index contributed by atoms with van der Waals surface area (Å²) in [6, 6.07) is 29.0. The fourth-order valence-electron chi connectivity index (χ4n) is 4.58. The third-order valence-electron chi connectivity index (χ3n) is 6.67. The van der Waals surface area contributed by atoms with E-state index in [1.165, 1.54) is 7.11 Å². The highest BCUT2D eigenvalue weighted by atomic mass is 16.5. The van der Waals surface area contributed by atoms with Gasteiger partial charge in [0.2, 0.25) is 11.9 Å². The number of hydrogen-bond donors (Lipinski definition) is 5. The molecule has 45 heavy (non-hydrogen) atoms. The lowest BCUT2D eigenvalue weighted by Crippen LogP contribution is -2.29. The van der Waals surface area contributed by atoms with Gasteiger partial charge in [0.25, 0.3) is 0 Å². The number of carboxylic acid groups (broad SMARTS) is 1. The second kappa shape index (κ2) is 15.0. The van der Waals surface area contributed by atoms with Crippen LogP contribution in [0.5, 0.6) is 5.75 Å². The molecule has 5 rings (SSSR count). The molecular formula is C33H32N8O4. The standard InChI is InChI=1S/C33H32N8O4/c1-45-28-17-8-7-16-26(28)37-33(44)41-32-39-30(27(35-20-18-29(42)43)21-23-13-9-10-19-34-23)38-31(40-32)36-25-15-6-5-14-24(25)22-11-3-2-4-12-22/h2-17,19,27,35H,18,20-21H2,1H3,(H,42,43)(H3,36,37,38,39,40,41,44). The van der Waals surface area contributed by atoms with Crippen molar-refractivity contribution in [3.05, 3.63) is 115 Å². The molecule has 12 nitrogen and oxygen atoms in total. The van der Waals surface area contributed by atoms with Gasteiger partial charge in [-0.25, -0.2) is 4.79 Å². The third-order valence-corrected chi connectivity index (χ3v) is 6.67. The Bertz CT molecular complexity index is 1740. The zero-order chi connectivity index (χ0) is 31.4. The van der Waals surface area contributed by atoms with Gasteiger partial charge in [-0.15, -0.1) is 0 Å². The number of nitrogens with one attached hydrogen (secondary N) is 4. The van der Waals surface area contributed by atoms with Gasteiger partial charge in [-0.1, -0.05) is 66.7 Å². The van der Waals surface area contributed by atoms with E-state index in [1.54, 1.807) is 30.5 Å². The van der Waals surface area contributed by atoms with E-state index in [-0.39, 0.29) is 30.7 Å². The summed E-state index contributed by atoms with van der Waals surface area (Å²) in [7, 11) is 1.51. The number of amides is 2. The van der Waals surface area contributed by atoms with Crippen LogP contribution in [0, 0.1) is 0 Å². The SMILES string of the molecule is COc1ccccc1NC(=O)Nc1nc(Nc2ccccc2-c2ccccc2)nc(C(Cc2ccccn2)NCCC(=O)O)n1. The number of carbonyl (C=O) groups is 2. The van der Waals surface area contributed by atoms with Crippen LogP contribution in [-0.2, 0) is 11.2 Å². The number of aromatic nitrogens is 4. The zero-order valence-corrected chi connectivity index (χ0v) is 24.5. The number of rotatable bonds is 13. The Morgan fingerprint density at radius 1 is 0.800 bits per heavy atom. The maximum absolute atomic E-state index is 13.1. The second-order valence-corrected chi connectivity index (χ2v) is 9.83. The number of urea groups is 1. The van der Waals surface area contributed by atoms with Crippen LogP contribution < -0.4 is 26.0 Å². The van der Waals surface area contributed by atoms with Gasteiger partial charge in [0.15, 0.2) is 5.82 Å². The third kappa shape index (κ3) is 8.58. The van der Waals surface area contributed by atoms with Crippen LogP contribution in [0.3, 0.4) is 0 Å². The topological polar surface area (TPSA) is 163 Å². The molecule has 12 heteroatoms. The van der Waals surface area contributed by atoms with Crippen molar-refractivity contribution in [3.8, 4) is 16.9 Å². The summed E-state index contributed by atoms with van der Waals surface area (Å²) in [6.45, 7) is 0.162. The van der Waals surface area contributed by atoms with E-state index < -0.39 is 18.0 Å². The number of benzene rings is 3. The normalized spacial score (nSPS) is 11.3. The quantitative estimate of drug-likeness (QED) is 0.113. The Hall–Kier alpha value is -5.88. The molecule has 2 heterocycles. The number of carbonyl (C=O) groups excluding carboxylic acids is 1. The zero-order valence-electron chi connectivity index (χ0n) is 24.5. The molecule has 0 radical (unpaired) electrons. The molecule has 2 aromatic heterocycles. The summed E-state index contributed by atoms with van der Waals surface area (Å²) in [5, 5.41) is 21.2. The molecule has 228 valence electrons. The van der Waals surface area contributed by atoms with E-state index in [1.807, 2.05) is 72.8 Å². The first kappa shape index (κ1) is 30.6. The van der Waals surface area contributed by atoms with Crippen LogP contribution >= 0.6 is 0 Å². The van der Waals surface area contributed by atoms with Gasteiger partial charge in [0.05, 0.1) is 25.3 Å². The Labute approximate surface area is 260 Å². The van der Waals surface area contributed by atoms with Gasteiger partial charge in [0, 0.05) is 36.1 Å². The smallest absolute Gasteiger partial charge is 0.326 e. The van der Waals surface area contributed by atoms with Gasteiger partial charge in [0.1, 0.15) is 5.75 Å². The highest BCUT2D eigenvalue weighted by Crippen LogP contribution is 2.30. The van der Waals surface area contributed by atoms with E-state index in [2.05, 4.69) is 36.2 Å². The molecule has 5 aromatic rings. The lowest BCUT2D eigenvalue weighted by molar-refractivity contribution is -0.136. The van der Waals surface area contributed by atoms with Gasteiger partial charge >= 0.3 is 12.0 Å². The molecule has 0 saturated heterocycles. The molecule has 5 N–H and O–H groups in total. The van der Waals surface area contributed by atoms with E-state index in [0.29, 0.717) is 17.9 Å². The fraction of sp³-hybridized carbons (Fsp3) is 0.152. The number of nitrogens with zero attached hydrogens (tertiary/aromatic N) is 4. The largest absolute Gasteiger partial charge is 0.495 e. The number of anilines is 4. The van der Waals surface area contributed by atoms with Crippen molar-refractivity contribution in [2.24, 2.45) is 0 Å². The molecular weight excluding hydrogens is 572 g/mol. The van der Waals surface area contributed by atoms with Crippen molar-refractivity contribution < 1.29 is 19.4 Å². The summed E-state index contributed by atoms with van der Waals surface area (Å²) in [6.07, 6.45) is 1.93. The molecule has 0 fully saturated rings. The lowest BCUT2D eigenvalue weighted by atomic mass is 10.0. The maximum Gasteiger partial charge on any atom is 0.326 e. The Kier molecular flexibility index (Phi) is 10.2. The predicted octanol–water partition coefficient (Wildman–Crippen LogP) is 5.68. The number of hydrogen-bond acceptors (Lipinski definition) is 9. The van der Waals surface area contributed by atoms with E-state index in [0.717, 1.165) is 22.5 Å². The molecule has 2 amide bonds. The number of pyridine rings is 1. The van der Waals surface area contributed by atoms with E-state index in [4.69, 9.17) is 9.72 Å². The Balaban J connectivity index is 1.50. The lowest BCUT2D eigenvalue weighted by Gasteiger charge is -2.19. The summed E-state index contributed by atoms with van der Waals surface area (Å²) in [5.41, 5.74) is 3.87. The summed E-state index contributed by atoms with van der Waals surface area (Å²) < 4.78 is 5.34. The summed E-state index contributed by atoms with van der Waals surface area (Å²) in [4.78, 5) is 42.6. The first-order valence-corrected chi connectivity index (χ1v) is 14.2. The van der Waals surface area contributed by atoms with Gasteiger partial charge in [-0.3, -0.25) is 15.1 Å². The number of para-hydroxylation sites is 3. The van der Waals surface area contributed by atoms with Crippen molar-refractivity contribution in [2.45, 2.75) is 18.9 Å². The average Bonchev–Trinajstić information content (AvgIpc) is 3.05. The van der Waals surface area contributed by atoms with Gasteiger partial charge in [-0.05, 0) is 35.9 Å². The number of methoxy groups -OCH3 is 1.